The molecule has 0 aliphatic heterocycles. The largest absolute Gasteiger partial charge is 0.467 e. The molecule has 0 radical (unpaired) electrons. The minimum atomic E-state index is -0.854. The van der Waals surface area contributed by atoms with Crippen LogP contribution in [-0.2, 0) is 25.6 Å². The van der Waals surface area contributed by atoms with E-state index in [9.17, 15) is 18.8 Å². The van der Waals surface area contributed by atoms with Crippen LogP contribution >= 0.6 is 0 Å². The summed E-state index contributed by atoms with van der Waals surface area (Å²) in [5, 5.41) is 5.47. The molecule has 3 aromatic rings. The van der Waals surface area contributed by atoms with Gasteiger partial charge in [-0.25, -0.2) is 14.2 Å². The van der Waals surface area contributed by atoms with Gasteiger partial charge in [0, 0.05) is 19.3 Å². The van der Waals surface area contributed by atoms with Crippen molar-refractivity contribution in [1.29, 1.82) is 0 Å². The lowest BCUT2D eigenvalue weighted by molar-refractivity contribution is -0.144. The van der Waals surface area contributed by atoms with Gasteiger partial charge < -0.3 is 24.7 Å². The fourth-order valence-corrected chi connectivity index (χ4v) is 3.70. The van der Waals surface area contributed by atoms with Crippen LogP contribution in [0.25, 0.3) is 11.0 Å². The highest BCUT2D eigenvalue weighted by molar-refractivity contribution is 6.08. The average Bonchev–Trinajstić information content (AvgIpc) is 3.24. The molecule has 0 aliphatic carbocycles. The van der Waals surface area contributed by atoms with E-state index < -0.39 is 23.8 Å². The molecule has 2 aromatic carbocycles. The van der Waals surface area contributed by atoms with Gasteiger partial charge in [-0.3, -0.25) is 9.59 Å². The normalized spacial score (nSPS) is 12.7. The van der Waals surface area contributed by atoms with E-state index in [4.69, 9.17) is 9.47 Å². The predicted octanol–water partition coefficient (Wildman–Crippen LogP) is 3.13. The summed E-state index contributed by atoms with van der Waals surface area (Å²) < 4.78 is 24.9. The molecule has 2 N–H and O–H groups in total. The Morgan fingerprint density at radius 1 is 1.14 bits per heavy atom. The van der Waals surface area contributed by atoms with Crippen LogP contribution in [0.4, 0.5) is 10.1 Å². The highest BCUT2D eigenvalue weighted by Gasteiger charge is 2.28. The molecule has 0 saturated heterocycles. The lowest BCUT2D eigenvalue weighted by Crippen LogP contribution is -2.45. The first-order chi connectivity index (χ1) is 16.8. The first-order valence-electron chi connectivity index (χ1n) is 11.2. The summed E-state index contributed by atoms with van der Waals surface area (Å²) in [6, 6.07) is 8.34. The Labute approximate surface area is 202 Å². The number of rotatable bonds is 10. The van der Waals surface area contributed by atoms with Gasteiger partial charge in [0.1, 0.15) is 18.5 Å². The number of halogens is 1. The monoisotopic (exact) mass is 484 g/mol. The van der Waals surface area contributed by atoms with Gasteiger partial charge in [0.05, 0.1) is 30.0 Å². The second kappa shape index (κ2) is 11.6. The molecule has 0 aliphatic rings. The van der Waals surface area contributed by atoms with E-state index >= 15 is 0 Å². The van der Waals surface area contributed by atoms with Crippen LogP contribution in [0.1, 0.15) is 36.2 Å². The standard InChI is InChI=1S/C25H29FN4O5/c1-5-15(2)22(25(33)35-4)29-24(32)19-10-18(28-21(31)13-34-3)11-20-23(19)30(14-27-20)12-16-6-8-17(26)9-7-16/h6-11,14-15,22H,5,12-13H2,1-4H3,(H,28,31)(H,29,32)/t15-,22-/m0/s1. The number of hydrogen-bond acceptors (Lipinski definition) is 6. The lowest BCUT2D eigenvalue weighted by Gasteiger charge is -2.22. The molecule has 9 nitrogen and oxygen atoms in total. The first kappa shape index (κ1) is 25.8. The van der Waals surface area contributed by atoms with Crippen molar-refractivity contribution in [2.24, 2.45) is 5.92 Å². The van der Waals surface area contributed by atoms with Crippen molar-refractivity contribution < 1.29 is 28.2 Å². The fraction of sp³-hybridized carbons (Fsp3) is 0.360. The van der Waals surface area contributed by atoms with E-state index in [2.05, 4.69) is 15.6 Å². The number of nitrogens with zero attached hydrogens (tertiary/aromatic N) is 2. The molecular weight excluding hydrogens is 455 g/mol. The second-order valence-corrected chi connectivity index (χ2v) is 8.23. The van der Waals surface area contributed by atoms with Crippen molar-refractivity contribution in [2.45, 2.75) is 32.9 Å². The van der Waals surface area contributed by atoms with E-state index in [0.717, 1.165) is 5.56 Å². The number of amides is 2. The Bertz CT molecular complexity index is 1210. The minimum Gasteiger partial charge on any atom is -0.467 e. The summed E-state index contributed by atoms with van der Waals surface area (Å²) in [5.74, 6) is -1.98. The third-order valence-electron chi connectivity index (χ3n) is 5.74. The number of ether oxygens (including phenoxy) is 2. The first-order valence-corrected chi connectivity index (χ1v) is 11.2. The number of imidazole rings is 1. The van der Waals surface area contributed by atoms with Gasteiger partial charge in [0.15, 0.2) is 0 Å². The van der Waals surface area contributed by atoms with Gasteiger partial charge in [-0.15, -0.1) is 0 Å². The highest BCUT2D eigenvalue weighted by Crippen LogP contribution is 2.25. The van der Waals surface area contributed by atoms with Crippen molar-refractivity contribution in [3.8, 4) is 0 Å². The van der Waals surface area contributed by atoms with E-state index in [1.54, 1.807) is 29.1 Å². The Hall–Kier alpha value is -3.79. The van der Waals surface area contributed by atoms with Gasteiger partial charge in [-0.1, -0.05) is 32.4 Å². The van der Waals surface area contributed by atoms with E-state index in [-0.39, 0.29) is 23.9 Å². The average molecular weight is 485 g/mol. The molecule has 186 valence electrons. The smallest absolute Gasteiger partial charge is 0.328 e. The quantitative estimate of drug-likeness (QED) is 0.428. The van der Waals surface area contributed by atoms with Gasteiger partial charge in [0.25, 0.3) is 5.91 Å². The van der Waals surface area contributed by atoms with Crippen LogP contribution in [0.15, 0.2) is 42.7 Å². The minimum absolute atomic E-state index is 0.156. The van der Waals surface area contributed by atoms with Crippen LogP contribution in [0.3, 0.4) is 0 Å². The molecule has 0 fully saturated rings. The zero-order valence-electron chi connectivity index (χ0n) is 20.1. The number of fused-ring (bicyclic) bond motifs is 1. The van der Waals surface area contributed by atoms with Gasteiger partial charge >= 0.3 is 5.97 Å². The van der Waals surface area contributed by atoms with Crippen molar-refractivity contribution in [3.05, 3.63) is 59.7 Å². The Balaban J connectivity index is 2.05. The number of esters is 1. The van der Waals surface area contributed by atoms with Crippen LogP contribution < -0.4 is 10.6 Å². The zero-order chi connectivity index (χ0) is 25.5. The van der Waals surface area contributed by atoms with E-state index in [0.29, 0.717) is 29.7 Å². The molecule has 3 rings (SSSR count). The number of aromatic nitrogens is 2. The fourth-order valence-electron chi connectivity index (χ4n) is 3.70. The van der Waals surface area contributed by atoms with Crippen LogP contribution in [-0.4, -0.2) is 54.2 Å². The number of methoxy groups -OCH3 is 2. The van der Waals surface area contributed by atoms with E-state index in [1.807, 2.05) is 13.8 Å². The van der Waals surface area contributed by atoms with Crippen molar-refractivity contribution in [3.63, 3.8) is 0 Å². The van der Waals surface area contributed by atoms with Crippen LogP contribution in [0.2, 0.25) is 0 Å². The van der Waals surface area contributed by atoms with Crippen LogP contribution in [0, 0.1) is 11.7 Å². The van der Waals surface area contributed by atoms with Gasteiger partial charge in [-0.05, 0) is 35.7 Å². The van der Waals surface area contributed by atoms with Crippen molar-refractivity contribution in [1.82, 2.24) is 14.9 Å². The summed E-state index contributed by atoms with van der Waals surface area (Å²) in [6.45, 7) is 3.93. The number of anilines is 1. The summed E-state index contributed by atoms with van der Waals surface area (Å²) in [5.41, 5.74) is 2.35. The number of hydrogen-bond donors (Lipinski definition) is 2. The number of nitrogens with one attached hydrogen (secondary N) is 2. The molecule has 10 heteroatoms. The molecule has 0 saturated carbocycles. The number of benzene rings is 2. The maximum absolute atomic E-state index is 13.5. The van der Waals surface area contributed by atoms with Gasteiger partial charge in [-0.2, -0.15) is 0 Å². The SMILES string of the molecule is CC[C@H](C)[C@H](NC(=O)c1cc(NC(=O)COC)cc2ncn(Cc3ccc(F)cc3)c12)C(=O)OC. The molecule has 0 bridgehead atoms. The Morgan fingerprint density at radius 3 is 2.49 bits per heavy atom. The highest BCUT2D eigenvalue weighted by atomic mass is 19.1. The second-order valence-electron chi connectivity index (χ2n) is 8.23. The third kappa shape index (κ3) is 6.21. The Morgan fingerprint density at radius 2 is 1.86 bits per heavy atom. The summed E-state index contributed by atoms with van der Waals surface area (Å²) in [6.07, 6.45) is 2.21. The molecule has 0 unspecified atom stereocenters. The topological polar surface area (TPSA) is 112 Å². The summed E-state index contributed by atoms with van der Waals surface area (Å²) in [4.78, 5) is 42.3. The maximum Gasteiger partial charge on any atom is 0.328 e. The third-order valence-corrected chi connectivity index (χ3v) is 5.74. The summed E-state index contributed by atoms with van der Waals surface area (Å²) in [7, 11) is 2.67. The number of carbonyl (C=O) groups is 3. The predicted molar refractivity (Wildman–Crippen MR) is 128 cm³/mol. The molecular formula is C25H29FN4O5. The molecule has 1 heterocycles. The number of carbonyl (C=O) groups excluding carboxylic acids is 3. The molecule has 2 amide bonds. The van der Waals surface area contributed by atoms with E-state index in [1.165, 1.54) is 32.4 Å². The van der Waals surface area contributed by atoms with Gasteiger partial charge in [0.2, 0.25) is 5.91 Å². The zero-order valence-corrected chi connectivity index (χ0v) is 20.1. The molecule has 2 atom stereocenters. The lowest BCUT2D eigenvalue weighted by atomic mass is 9.98. The van der Waals surface area contributed by atoms with Crippen LogP contribution in [0.5, 0.6) is 0 Å². The van der Waals surface area contributed by atoms with Crippen molar-refractivity contribution in [2.75, 3.05) is 26.1 Å². The van der Waals surface area contributed by atoms with Crippen molar-refractivity contribution >= 4 is 34.5 Å². The molecule has 0 spiro atoms. The summed E-state index contributed by atoms with van der Waals surface area (Å²) >= 11 is 0. The Kier molecular flexibility index (Phi) is 8.53. The molecule has 1 aromatic heterocycles. The maximum atomic E-state index is 13.5. The molecule has 35 heavy (non-hydrogen) atoms.